The second-order valence-corrected chi connectivity index (χ2v) is 8.72. The molecule has 1 aromatic carbocycles. The molecular weight excluding hydrogens is 342 g/mol. The molecular formula is C17H23N3O4S. The lowest BCUT2D eigenvalue weighted by atomic mass is 9.64. The molecule has 2 N–H and O–H groups in total. The Hall–Kier alpha value is -2.09. The van der Waals surface area contributed by atoms with Gasteiger partial charge >= 0.3 is 6.03 Å². The largest absolute Gasteiger partial charge is 0.354 e. The number of carbonyl (C=O) groups is 2. The molecule has 0 unspecified atom stereocenters. The lowest BCUT2D eigenvalue weighted by Crippen LogP contribution is -2.50. The second kappa shape index (κ2) is 6.67. The first-order valence-corrected chi connectivity index (χ1v) is 10.3. The van der Waals surface area contributed by atoms with Gasteiger partial charge in [0.05, 0.1) is 10.3 Å². The first-order valence-electron chi connectivity index (χ1n) is 8.45. The van der Waals surface area contributed by atoms with Crippen LogP contribution in [0.1, 0.15) is 24.8 Å². The molecule has 0 atom stereocenters. The molecule has 8 heteroatoms. The normalized spacial score (nSPS) is 19.2. The van der Waals surface area contributed by atoms with E-state index in [0.29, 0.717) is 26.2 Å². The highest BCUT2D eigenvalue weighted by molar-refractivity contribution is 7.90. The van der Waals surface area contributed by atoms with Crippen molar-refractivity contribution >= 4 is 21.8 Å². The van der Waals surface area contributed by atoms with Crippen LogP contribution in [-0.4, -0.2) is 57.7 Å². The molecule has 3 rings (SSSR count). The van der Waals surface area contributed by atoms with Crippen molar-refractivity contribution in [3.63, 3.8) is 0 Å². The zero-order chi connectivity index (χ0) is 18.1. The van der Waals surface area contributed by atoms with Crippen LogP contribution >= 0.6 is 0 Å². The van der Waals surface area contributed by atoms with Crippen molar-refractivity contribution < 1.29 is 18.0 Å². The molecule has 7 nitrogen and oxygen atoms in total. The monoisotopic (exact) mass is 365 g/mol. The van der Waals surface area contributed by atoms with Gasteiger partial charge in [-0.3, -0.25) is 4.79 Å². The van der Waals surface area contributed by atoms with Crippen molar-refractivity contribution in [3.05, 3.63) is 29.8 Å². The minimum absolute atomic E-state index is 0.0505. The van der Waals surface area contributed by atoms with E-state index in [0.717, 1.165) is 24.8 Å². The maximum absolute atomic E-state index is 12.7. The van der Waals surface area contributed by atoms with Crippen LogP contribution in [-0.2, 0) is 20.0 Å². The van der Waals surface area contributed by atoms with E-state index in [1.165, 1.54) is 6.26 Å². The van der Waals surface area contributed by atoms with E-state index < -0.39 is 15.3 Å². The van der Waals surface area contributed by atoms with Crippen LogP contribution in [0.2, 0.25) is 0 Å². The Balaban J connectivity index is 1.65. The number of sulfone groups is 1. The smallest absolute Gasteiger partial charge is 0.317 e. The maximum atomic E-state index is 12.7. The average Bonchev–Trinajstić information content (AvgIpc) is 2.91. The Morgan fingerprint density at radius 1 is 1.28 bits per heavy atom. The summed E-state index contributed by atoms with van der Waals surface area (Å²) in [4.78, 5) is 26.2. The number of urea groups is 1. The van der Waals surface area contributed by atoms with E-state index in [-0.39, 0.29) is 16.8 Å². The summed E-state index contributed by atoms with van der Waals surface area (Å²) in [5.74, 6) is -0.0505. The average molecular weight is 365 g/mol. The van der Waals surface area contributed by atoms with E-state index in [1.54, 1.807) is 29.2 Å². The molecule has 1 saturated carbocycles. The standard InChI is InChI=1S/C17H23N3O4S/c1-25(23,24)14-5-3-13(4-6-14)17(7-2-8-17)15(21)18-9-11-20-12-10-19-16(20)22/h3-6H,2,7-12H2,1H3,(H,18,21)(H,19,22). The zero-order valence-electron chi connectivity index (χ0n) is 14.2. The Labute approximate surface area is 147 Å². The van der Waals surface area contributed by atoms with Crippen LogP contribution in [0.15, 0.2) is 29.2 Å². The van der Waals surface area contributed by atoms with Crippen LogP contribution in [0.5, 0.6) is 0 Å². The van der Waals surface area contributed by atoms with Crippen LogP contribution in [0, 0.1) is 0 Å². The fourth-order valence-electron chi connectivity index (χ4n) is 3.40. The third-order valence-electron chi connectivity index (χ3n) is 5.09. The van der Waals surface area contributed by atoms with Crippen molar-refractivity contribution in [2.45, 2.75) is 29.6 Å². The quantitative estimate of drug-likeness (QED) is 0.774. The highest BCUT2D eigenvalue weighted by atomic mass is 32.2. The number of hydrogen-bond donors (Lipinski definition) is 2. The Kier molecular flexibility index (Phi) is 4.73. The lowest BCUT2D eigenvalue weighted by molar-refractivity contribution is -0.129. The predicted molar refractivity (Wildman–Crippen MR) is 93.1 cm³/mol. The summed E-state index contributed by atoms with van der Waals surface area (Å²) in [6.45, 7) is 2.20. The number of hydrogen-bond acceptors (Lipinski definition) is 4. The summed E-state index contributed by atoms with van der Waals surface area (Å²) in [5, 5.41) is 5.67. The van der Waals surface area contributed by atoms with Crippen molar-refractivity contribution in [3.8, 4) is 0 Å². The molecule has 1 aliphatic carbocycles. The number of nitrogens with one attached hydrogen (secondary N) is 2. The van der Waals surface area contributed by atoms with Crippen LogP contribution in [0.3, 0.4) is 0 Å². The summed E-state index contributed by atoms with van der Waals surface area (Å²) < 4.78 is 23.2. The number of nitrogens with zero attached hydrogens (tertiary/aromatic N) is 1. The van der Waals surface area contributed by atoms with Gasteiger partial charge in [-0.25, -0.2) is 13.2 Å². The number of benzene rings is 1. The molecule has 2 aliphatic rings. The van der Waals surface area contributed by atoms with Crippen LogP contribution in [0.25, 0.3) is 0 Å². The minimum Gasteiger partial charge on any atom is -0.354 e. The SMILES string of the molecule is CS(=O)(=O)c1ccc(C2(C(=O)NCCN3CCNC3=O)CCC2)cc1. The molecule has 25 heavy (non-hydrogen) atoms. The van der Waals surface area contributed by atoms with Crippen LogP contribution in [0.4, 0.5) is 4.79 Å². The van der Waals surface area contributed by atoms with Gasteiger partial charge in [0.15, 0.2) is 9.84 Å². The minimum atomic E-state index is -3.25. The van der Waals surface area contributed by atoms with Gasteiger partial charge in [-0.15, -0.1) is 0 Å². The van der Waals surface area contributed by atoms with Gasteiger partial charge < -0.3 is 15.5 Å². The third kappa shape index (κ3) is 3.49. The topological polar surface area (TPSA) is 95.6 Å². The highest BCUT2D eigenvalue weighted by Gasteiger charge is 2.45. The van der Waals surface area contributed by atoms with Crippen molar-refractivity contribution in [1.29, 1.82) is 0 Å². The molecule has 0 radical (unpaired) electrons. The molecule has 136 valence electrons. The molecule has 0 bridgehead atoms. The summed E-state index contributed by atoms with van der Waals surface area (Å²) >= 11 is 0. The predicted octanol–water partition coefficient (Wildman–Crippen LogP) is 0.653. The van der Waals surface area contributed by atoms with Crippen molar-refractivity contribution in [2.24, 2.45) is 0 Å². The second-order valence-electron chi connectivity index (χ2n) is 6.71. The summed E-state index contributed by atoms with van der Waals surface area (Å²) in [5.41, 5.74) is 0.270. The first-order chi connectivity index (χ1) is 11.8. The fourth-order valence-corrected chi connectivity index (χ4v) is 4.03. The van der Waals surface area contributed by atoms with Gasteiger partial charge in [0, 0.05) is 32.4 Å². The molecule has 1 heterocycles. The van der Waals surface area contributed by atoms with Gasteiger partial charge in [-0.1, -0.05) is 18.6 Å². The van der Waals surface area contributed by atoms with Gasteiger partial charge in [0.1, 0.15) is 0 Å². The van der Waals surface area contributed by atoms with E-state index >= 15 is 0 Å². The van der Waals surface area contributed by atoms with Crippen LogP contribution < -0.4 is 10.6 Å². The Morgan fingerprint density at radius 3 is 2.44 bits per heavy atom. The fraction of sp³-hybridized carbons (Fsp3) is 0.529. The zero-order valence-corrected chi connectivity index (χ0v) is 15.1. The molecule has 2 fully saturated rings. The van der Waals surface area contributed by atoms with Gasteiger partial charge in [-0.05, 0) is 30.5 Å². The summed E-state index contributed by atoms with van der Waals surface area (Å²) in [7, 11) is -3.25. The molecule has 1 aliphatic heterocycles. The van der Waals surface area contributed by atoms with Crippen molar-refractivity contribution in [2.75, 3.05) is 32.4 Å². The van der Waals surface area contributed by atoms with E-state index in [4.69, 9.17) is 0 Å². The highest BCUT2D eigenvalue weighted by Crippen LogP contribution is 2.44. The van der Waals surface area contributed by atoms with Crippen molar-refractivity contribution in [1.82, 2.24) is 15.5 Å². The van der Waals surface area contributed by atoms with Gasteiger partial charge in [-0.2, -0.15) is 0 Å². The Bertz CT molecular complexity index is 770. The lowest BCUT2D eigenvalue weighted by Gasteiger charge is -2.41. The van der Waals surface area contributed by atoms with E-state index in [2.05, 4.69) is 10.6 Å². The number of carbonyl (C=O) groups excluding carboxylic acids is 2. The summed E-state index contributed by atoms with van der Waals surface area (Å²) in [6, 6.07) is 6.51. The maximum Gasteiger partial charge on any atom is 0.317 e. The molecule has 1 saturated heterocycles. The molecule has 0 spiro atoms. The molecule has 3 amide bonds. The third-order valence-corrected chi connectivity index (χ3v) is 6.22. The molecule has 0 aromatic heterocycles. The summed E-state index contributed by atoms with van der Waals surface area (Å²) in [6.07, 6.45) is 3.64. The first kappa shape index (κ1) is 17.7. The number of rotatable bonds is 6. The Morgan fingerprint density at radius 2 is 1.96 bits per heavy atom. The number of amides is 3. The van der Waals surface area contributed by atoms with Gasteiger partial charge in [0.25, 0.3) is 0 Å². The van der Waals surface area contributed by atoms with Gasteiger partial charge in [0.2, 0.25) is 5.91 Å². The molecule has 1 aromatic rings. The van der Waals surface area contributed by atoms with E-state index in [1.807, 2.05) is 0 Å². The van der Waals surface area contributed by atoms with E-state index in [9.17, 15) is 18.0 Å².